The van der Waals surface area contributed by atoms with Crippen LogP contribution in [0.4, 0.5) is 11.4 Å². The third-order valence-corrected chi connectivity index (χ3v) is 8.41. The Balaban J connectivity index is 1.64. The Bertz CT molecular complexity index is 1650. The van der Waals surface area contributed by atoms with Crippen molar-refractivity contribution in [1.29, 1.82) is 0 Å². The number of amides is 1. The molecule has 0 unspecified atom stereocenters. The van der Waals surface area contributed by atoms with Crippen LogP contribution in [-0.4, -0.2) is 27.7 Å². The van der Waals surface area contributed by atoms with Crippen molar-refractivity contribution in [1.82, 2.24) is 14.9 Å². The molecule has 1 aliphatic heterocycles. The number of methoxy groups -OCH3 is 1. The Morgan fingerprint density at radius 1 is 1.02 bits per heavy atom. The number of benzene rings is 2. The SMILES string of the molecule is COc1cc(N2C(=S)N[C@H](c3ccccn3)[C@H]2c2cc(C)n(-c3cccc(C)c3C)c2C)ccc1NC(=O)C(C)(C)C. The third kappa shape index (κ3) is 5.27. The highest BCUT2D eigenvalue weighted by Gasteiger charge is 2.42. The molecule has 1 fully saturated rings. The number of nitrogens with zero attached hydrogens (tertiary/aromatic N) is 3. The molecular weight excluding hydrogens is 542 g/mol. The minimum absolute atomic E-state index is 0.0844. The number of rotatable bonds is 6. The number of aryl methyl sites for hydroxylation is 2. The molecule has 42 heavy (non-hydrogen) atoms. The van der Waals surface area contributed by atoms with Gasteiger partial charge in [-0.25, -0.2) is 0 Å². The molecule has 0 saturated carbocycles. The lowest BCUT2D eigenvalue weighted by atomic mass is 9.95. The predicted molar refractivity (Wildman–Crippen MR) is 174 cm³/mol. The van der Waals surface area contributed by atoms with E-state index in [1.165, 1.54) is 16.8 Å². The summed E-state index contributed by atoms with van der Waals surface area (Å²) in [5, 5.41) is 7.17. The Kier molecular flexibility index (Phi) is 7.86. The second-order valence-electron chi connectivity index (χ2n) is 12.0. The summed E-state index contributed by atoms with van der Waals surface area (Å²) in [5.41, 5.74) is 8.96. The number of carbonyl (C=O) groups excluding carboxylic acids is 1. The van der Waals surface area contributed by atoms with Crippen LogP contribution in [0, 0.1) is 33.1 Å². The van der Waals surface area contributed by atoms with Gasteiger partial charge in [0.2, 0.25) is 5.91 Å². The molecule has 0 aliphatic carbocycles. The molecule has 4 aromatic rings. The lowest BCUT2D eigenvalue weighted by Crippen LogP contribution is -2.30. The summed E-state index contributed by atoms with van der Waals surface area (Å²) in [6.07, 6.45) is 1.81. The second-order valence-corrected chi connectivity index (χ2v) is 12.4. The zero-order valence-corrected chi connectivity index (χ0v) is 26.4. The number of pyridine rings is 1. The van der Waals surface area contributed by atoms with Crippen molar-refractivity contribution in [2.24, 2.45) is 5.41 Å². The van der Waals surface area contributed by atoms with Crippen molar-refractivity contribution in [3.63, 3.8) is 0 Å². The van der Waals surface area contributed by atoms with Crippen molar-refractivity contribution < 1.29 is 9.53 Å². The third-order valence-electron chi connectivity index (χ3n) is 8.10. The monoisotopic (exact) mass is 581 g/mol. The first kappa shape index (κ1) is 29.3. The molecule has 0 spiro atoms. The molecule has 1 amide bonds. The van der Waals surface area contributed by atoms with Crippen LogP contribution in [0.2, 0.25) is 0 Å². The topological polar surface area (TPSA) is 71.4 Å². The molecule has 1 aliphatic rings. The maximum absolute atomic E-state index is 12.7. The van der Waals surface area contributed by atoms with Crippen molar-refractivity contribution in [3.05, 3.63) is 101 Å². The number of thiocarbonyl (C=S) groups is 1. The van der Waals surface area contributed by atoms with Crippen LogP contribution >= 0.6 is 12.2 Å². The zero-order chi connectivity index (χ0) is 30.3. The second kappa shape index (κ2) is 11.2. The number of carbonyl (C=O) groups is 1. The highest BCUT2D eigenvalue weighted by atomic mass is 32.1. The minimum Gasteiger partial charge on any atom is -0.494 e. The number of nitrogens with one attached hydrogen (secondary N) is 2. The molecule has 7 nitrogen and oxygen atoms in total. The van der Waals surface area contributed by atoms with Crippen molar-refractivity contribution in [2.75, 3.05) is 17.3 Å². The fourth-order valence-corrected chi connectivity index (χ4v) is 5.97. The molecule has 0 bridgehead atoms. The van der Waals surface area contributed by atoms with Gasteiger partial charge in [0.25, 0.3) is 0 Å². The number of aromatic nitrogens is 2. The van der Waals surface area contributed by atoms with Crippen LogP contribution in [0.25, 0.3) is 5.69 Å². The van der Waals surface area contributed by atoms with E-state index in [1.807, 2.05) is 63.4 Å². The fraction of sp³-hybridized carbons (Fsp3) is 0.324. The average molecular weight is 582 g/mol. The lowest BCUT2D eigenvalue weighted by molar-refractivity contribution is -0.123. The summed E-state index contributed by atoms with van der Waals surface area (Å²) in [6.45, 7) is 14.3. The molecule has 2 aromatic heterocycles. The van der Waals surface area contributed by atoms with Crippen LogP contribution in [0.1, 0.15) is 66.6 Å². The normalized spacial score (nSPS) is 16.9. The molecule has 0 radical (unpaired) electrons. The van der Waals surface area contributed by atoms with Gasteiger partial charge in [-0.15, -0.1) is 0 Å². The minimum atomic E-state index is -0.538. The maximum atomic E-state index is 12.7. The van der Waals surface area contributed by atoms with Crippen LogP contribution in [0.5, 0.6) is 5.75 Å². The standard InChI is InChI=1S/C34H39N5O2S/c1-20-12-11-14-28(22(20)3)38-21(2)18-25(23(38)4)31-30(27-13-9-10-17-35-27)37-33(42)39(31)24-15-16-26(29(19-24)41-8)36-32(40)34(5,6)7/h9-19,30-31H,1-8H3,(H,36,40)(H,37,42)/t30-,31-/m1/s1. The van der Waals surface area contributed by atoms with Crippen LogP contribution in [0.3, 0.4) is 0 Å². The van der Waals surface area contributed by atoms with Gasteiger partial charge in [-0.05, 0) is 93.0 Å². The van der Waals surface area contributed by atoms with Gasteiger partial charge in [-0.1, -0.05) is 39.0 Å². The average Bonchev–Trinajstić information content (AvgIpc) is 3.45. The first-order valence-electron chi connectivity index (χ1n) is 14.2. The Morgan fingerprint density at radius 3 is 2.45 bits per heavy atom. The molecular formula is C34H39N5O2S. The molecule has 2 atom stereocenters. The summed E-state index contributed by atoms with van der Waals surface area (Å²) < 4.78 is 8.09. The lowest BCUT2D eigenvalue weighted by Gasteiger charge is -2.29. The van der Waals surface area contributed by atoms with E-state index in [0.29, 0.717) is 16.5 Å². The van der Waals surface area contributed by atoms with Gasteiger partial charge in [-0.2, -0.15) is 0 Å². The molecule has 1 saturated heterocycles. The van der Waals surface area contributed by atoms with Crippen molar-refractivity contribution >= 4 is 34.6 Å². The number of ether oxygens (including phenoxy) is 1. The van der Waals surface area contributed by atoms with E-state index >= 15 is 0 Å². The highest BCUT2D eigenvalue weighted by Crippen LogP contribution is 2.45. The smallest absolute Gasteiger partial charge is 0.229 e. The Morgan fingerprint density at radius 2 is 1.79 bits per heavy atom. The number of anilines is 2. The summed E-state index contributed by atoms with van der Waals surface area (Å²) in [7, 11) is 1.61. The zero-order valence-electron chi connectivity index (χ0n) is 25.6. The summed E-state index contributed by atoms with van der Waals surface area (Å²) >= 11 is 5.99. The highest BCUT2D eigenvalue weighted by molar-refractivity contribution is 7.80. The Labute approximate surface area is 253 Å². The van der Waals surface area contributed by atoms with Crippen molar-refractivity contribution in [3.8, 4) is 11.4 Å². The fourth-order valence-electron chi connectivity index (χ4n) is 5.63. The van der Waals surface area contributed by atoms with Crippen molar-refractivity contribution in [2.45, 2.75) is 60.5 Å². The number of hydrogen-bond acceptors (Lipinski definition) is 4. The van der Waals surface area contributed by atoms with Gasteiger partial charge >= 0.3 is 0 Å². The largest absolute Gasteiger partial charge is 0.494 e. The molecule has 5 rings (SSSR count). The molecule has 2 N–H and O–H groups in total. The maximum Gasteiger partial charge on any atom is 0.229 e. The van der Waals surface area contributed by atoms with Gasteiger partial charge in [0.15, 0.2) is 5.11 Å². The van der Waals surface area contributed by atoms with E-state index in [4.69, 9.17) is 21.9 Å². The number of hydrogen-bond donors (Lipinski definition) is 2. The Hall–Kier alpha value is -4.17. The predicted octanol–water partition coefficient (Wildman–Crippen LogP) is 7.28. The summed E-state index contributed by atoms with van der Waals surface area (Å²) in [4.78, 5) is 19.6. The molecule has 2 aromatic carbocycles. The van der Waals surface area contributed by atoms with Gasteiger partial charge < -0.3 is 24.8 Å². The van der Waals surface area contributed by atoms with Gasteiger partial charge in [-0.3, -0.25) is 9.78 Å². The first-order valence-corrected chi connectivity index (χ1v) is 14.6. The van der Waals surface area contributed by atoms with E-state index < -0.39 is 5.41 Å². The summed E-state index contributed by atoms with van der Waals surface area (Å²) in [5.74, 6) is 0.479. The summed E-state index contributed by atoms with van der Waals surface area (Å²) in [6, 6.07) is 20.1. The molecule has 8 heteroatoms. The van der Waals surface area contributed by atoms with Gasteiger partial charge in [0.05, 0.1) is 30.6 Å². The van der Waals surface area contributed by atoms with Gasteiger partial charge in [0, 0.05) is 40.4 Å². The van der Waals surface area contributed by atoms with E-state index in [0.717, 1.165) is 28.3 Å². The van der Waals surface area contributed by atoms with Crippen LogP contribution in [0.15, 0.2) is 66.9 Å². The first-order chi connectivity index (χ1) is 19.9. The van der Waals surface area contributed by atoms with Crippen LogP contribution in [-0.2, 0) is 4.79 Å². The van der Waals surface area contributed by atoms with Crippen LogP contribution < -0.4 is 20.3 Å². The van der Waals surface area contributed by atoms with E-state index in [1.54, 1.807) is 7.11 Å². The molecule has 218 valence electrons. The molecule has 3 heterocycles. The quantitative estimate of drug-likeness (QED) is 0.233. The van der Waals surface area contributed by atoms with E-state index in [-0.39, 0.29) is 18.0 Å². The van der Waals surface area contributed by atoms with E-state index in [2.05, 4.69) is 72.1 Å². The van der Waals surface area contributed by atoms with Gasteiger partial charge in [0.1, 0.15) is 5.75 Å². The van der Waals surface area contributed by atoms with E-state index in [9.17, 15) is 4.79 Å².